The quantitative estimate of drug-likeness (QED) is 0.712. The van der Waals surface area contributed by atoms with E-state index >= 15 is 0 Å². The second kappa shape index (κ2) is 6.61. The lowest BCUT2D eigenvalue weighted by Gasteiger charge is -2.27. The van der Waals surface area contributed by atoms with E-state index in [1.807, 2.05) is 7.05 Å². The van der Waals surface area contributed by atoms with Crippen LogP contribution in [0.1, 0.15) is 26.7 Å². The zero-order chi connectivity index (χ0) is 12.9. The van der Waals surface area contributed by atoms with Gasteiger partial charge in [0.25, 0.3) is 5.92 Å². The van der Waals surface area contributed by atoms with Crippen LogP contribution in [0, 0.1) is 0 Å². The summed E-state index contributed by atoms with van der Waals surface area (Å²) >= 11 is 0. The van der Waals surface area contributed by atoms with Gasteiger partial charge in [-0.1, -0.05) is 0 Å². The average Bonchev–Trinajstić information content (AvgIpc) is 2.58. The maximum absolute atomic E-state index is 13.0. The molecule has 0 aromatic heterocycles. The van der Waals surface area contributed by atoms with Crippen LogP contribution in [0.3, 0.4) is 0 Å². The van der Waals surface area contributed by atoms with Crippen molar-refractivity contribution in [2.24, 2.45) is 0 Å². The van der Waals surface area contributed by atoms with Crippen LogP contribution in [-0.4, -0.2) is 56.1 Å². The molecule has 1 aliphatic heterocycles. The molecule has 0 spiro atoms. The molecule has 1 fully saturated rings. The van der Waals surface area contributed by atoms with Gasteiger partial charge in [-0.3, -0.25) is 4.90 Å². The Kier molecular flexibility index (Phi) is 5.76. The van der Waals surface area contributed by atoms with Crippen LogP contribution < -0.4 is 10.6 Å². The summed E-state index contributed by atoms with van der Waals surface area (Å²) in [5.41, 5.74) is 0. The monoisotopic (exact) mass is 249 g/mol. The predicted octanol–water partition coefficient (Wildman–Crippen LogP) is 1.30. The molecule has 1 rings (SSSR count). The Morgan fingerprint density at radius 1 is 1.41 bits per heavy atom. The summed E-state index contributed by atoms with van der Waals surface area (Å²) in [5, 5.41) is 6.02. The number of hydrogen-bond acceptors (Lipinski definition) is 3. The van der Waals surface area contributed by atoms with Crippen molar-refractivity contribution in [3.63, 3.8) is 0 Å². The molecule has 0 aliphatic carbocycles. The molecule has 3 nitrogen and oxygen atoms in total. The van der Waals surface area contributed by atoms with Crippen molar-refractivity contribution in [2.45, 2.75) is 44.7 Å². The van der Waals surface area contributed by atoms with Gasteiger partial charge in [-0.15, -0.1) is 0 Å². The van der Waals surface area contributed by atoms with E-state index in [0.29, 0.717) is 6.04 Å². The molecule has 2 N–H and O–H groups in total. The van der Waals surface area contributed by atoms with Crippen LogP contribution in [0.5, 0.6) is 0 Å². The standard InChI is InChI=1S/C12H25F2N3/c1-10(2)17(7-5-15-3)6-4-11-8-12(13,14)9-16-11/h10-11,15-16H,4-9H2,1-3H3. The molecule has 17 heavy (non-hydrogen) atoms. The Hall–Kier alpha value is -0.260. The molecule has 0 radical (unpaired) electrons. The van der Waals surface area contributed by atoms with E-state index in [1.54, 1.807) is 0 Å². The molecule has 0 aromatic rings. The van der Waals surface area contributed by atoms with Crippen LogP contribution in [0.25, 0.3) is 0 Å². The summed E-state index contributed by atoms with van der Waals surface area (Å²) < 4.78 is 26.0. The third-order valence-corrected chi connectivity index (χ3v) is 3.34. The van der Waals surface area contributed by atoms with Gasteiger partial charge in [0.05, 0.1) is 6.54 Å². The minimum atomic E-state index is -2.50. The maximum Gasteiger partial charge on any atom is 0.261 e. The Morgan fingerprint density at radius 3 is 2.59 bits per heavy atom. The largest absolute Gasteiger partial charge is 0.318 e. The summed E-state index contributed by atoms with van der Waals surface area (Å²) in [6.45, 7) is 6.92. The maximum atomic E-state index is 13.0. The SMILES string of the molecule is CNCCN(CCC1CC(F)(F)CN1)C(C)C. The number of alkyl halides is 2. The minimum Gasteiger partial charge on any atom is -0.318 e. The first kappa shape index (κ1) is 14.8. The second-order valence-corrected chi connectivity index (χ2v) is 5.16. The van der Waals surface area contributed by atoms with Gasteiger partial charge in [-0.25, -0.2) is 8.78 Å². The summed E-state index contributed by atoms with van der Waals surface area (Å²) in [5.74, 6) is -2.50. The molecule has 0 aromatic carbocycles. The molecule has 0 bridgehead atoms. The normalized spacial score (nSPS) is 23.8. The number of halogens is 2. The smallest absolute Gasteiger partial charge is 0.261 e. The topological polar surface area (TPSA) is 27.3 Å². The zero-order valence-corrected chi connectivity index (χ0v) is 11.1. The number of nitrogens with one attached hydrogen (secondary N) is 2. The first-order valence-electron chi connectivity index (χ1n) is 6.44. The lowest BCUT2D eigenvalue weighted by atomic mass is 10.1. The number of rotatable bonds is 7. The van der Waals surface area contributed by atoms with Gasteiger partial charge in [0.15, 0.2) is 0 Å². The van der Waals surface area contributed by atoms with Gasteiger partial charge >= 0.3 is 0 Å². The molecule has 1 unspecified atom stereocenters. The van der Waals surface area contributed by atoms with E-state index in [9.17, 15) is 8.78 Å². The van der Waals surface area contributed by atoms with E-state index in [0.717, 1.165) is 26.1 Å². The molecule has 1 heterocycles. The van der Waals surface area contributed by atoms with Crippen LogP contribution in [-0.2, 0) is 0 Å². The Bertz CT molecular complexity index is 222. The molecule has 0 saturated carbocycles. The van der Waals surface area contributed by atoms with Crippen molar-refractivity contribution in [1.29, 1.82) is 0 Å². The van der Waals surface area contributed by atoms with E-state index < -0.39 is 5.92 Å². The highest BCUT2D eigenvalue weighted by atomic mass is 19.3. The Labute approximate surface area is 103 Å². The molecule has 0 amide bonds. The Balaban J connectivity index is 2.27. The highest BCUT2D eigenvalue weighted by molar-refractivity contribution is 4.87. The molecule has 5 heteroatoms. The van der Waals surface area contributed by atoms with E-state index in [2.05, 4.69) is 29.4 Å². The fraction of sp³-hybridized carbons (Fsp3) is 1.00. The third-order valence-electron chi connectivity index (χ3n) is 3.34. The number of likely N-dealkylation sites (N-methyl/N-ethyl adjacent to an activating group) is 1. The molecular weight excluding hydrogens is 224 g/mol. The van der Waals surface area contributed by atoms with Gasteiger partial charge in [0.2, 0.25) is 0 Å². The van der Waals surface area contributed by atoms with Crippen LogP contribution in [0.2, 0.25) is 0 Å². The molecule has 1 saturated heterocycles. The number of nitrogens with zero attached hydrogens (tertiary/aromatic N) is 1. The molecule has 1 aliphatic rings. The first-order chi connectivity index (χ1) is 7.94. The van der Waals surface area contributed by atoms with Crippen molar-refractivity contribution in [3.05, 3.63) is 0 Å². The highest BCUT2D eigenvalue weighted by Gasteiger charge is 2.38. The lowest BCUT2D eigenvalue weighted by Crippen LogP contribution is -2.39. The van der Waals surface area contributed by atoms with Crippen molar-refractivity contribution >= 4 is 0 Å². The van der Waals surface area contributed by atoms with E-state index in [1.165, 1.54) is 0 Å². The predicted molar refractivity (Wildman–Crippen MR) is 66.6 cm³/mol. The van der Waals surface area contributed by atoms with Gasteiger partial charge < -0.3 is 10.6 Å². The molecular formula is C12H25F2N3. The average molecular weight is 249 g/mol. The highest BCUT2D eigenvalue weighted by Crippen LogP contribution is 2.26. The lowest BCUT2D eigenvalue weighted by molar-refractivity contribution is 0.0205. The minimum absolute atomic E-state index is 0.00897. The van der Waals surface area contributed by atoms with Crippen molar-refractivity contribution in [3.8, 4) is 0 Å². The van der Waals surface area contributed by atoms with Gasteiger partial charge in [-0.2, -0.15) is 0 Å². The number of hydrogen-bond donors (Lipinski definition) is 2. The molecule has 102 valence electrons. The van der Waals surface area contributed by atoms with Gasteiger partial charge in [0.1, 0.15) is 0 Å². The van der Waals surface area contributed by atoms with Gasteiger partial charge in [-0.05, 0) is 33.9 Å². The second-order valence-electron chi connectivity index (χ2n) is 5.16. The van der Waals surface area contributed by atoms with Crippen LogP contribution in [0.4, 0.5) is 8.78 Å². The fourth-order valence-corrected chi connectivity index (χ4v) is 2.21. The van der Waals surface area contributed by atoms with Crippen molar-refractivity contribution in [1.82, 2.24) is 15.5 Å². The molecule has 1 atom stereocenters. The van der Waals surface area contributed by atoms with Crippen LogP contribution in [0.15, 0.2) is 0 Å². The van der Waals surface area contributed by atoms with Crippen molar-refractivity contribution in [2.75, 3.05) is 33.2 Å². The zero-order valence-electron chi connectivity index (χ0n) is 11.1. The van der Waals surface area contributed by atoms with Crippen LogP contribution >= 0.6 is 0 Å². The summed E-state index contributed by atoms with van der Waals surface area (Å²) in [6.07, 6.45) is 0.794. The third kappa shape index (κ3) is 5.27. The first-order valence-corrected chi connectivity index (χ1v) is 6.44. The summed E-state index contributed by atoms with van der Waals surface area (Å²) in [4.78, 5) is 2.33. The van der Waals surface area contributed by atoms with E-state index in [-0.39, 0.29) is 19.0 Å². The van der Waals surface area contributed by atoms with Gasteiger partial charge in [0, 0.05) is 31.6 Å². The Morgan fingerprint density at radius 2 is 2.12 bits per heavy atom. The van der Waals surface area contributed by atoms with E-state index in [4.69, 9.17) is 0 Å². The fourth-order valence-electron chi connectivity index (χ4n) is 2.21. The van der Waals surface area contributed by atoms with Crippen molar-refractivity contribution < 1.29 is 8.78 Å². The summed E-state index contributed by atoms with van der Waals surface area (Å²) in [7, 11) is 1.93. The summed E-state index contributed by atoms with van der Waals surface area (Å²) in [6, 6.07) is 0.436.